The summed E-state index contributed by atoms with van der Waals surface area (Å²) in [5.41, 5.74) is 7.60. The highest BCUT2D eigenvalue weighted by atomic mass is 19.1. The van der Waals surface area contributed by atoms with E-state index in [9.17, 15) is 9.18 Å². The molecule has 0 radical (unpaired) electrons. The summed E-state index contributed by atoms with van der Waals surface area (Å²) in [4.78, 5) is 10.9. The van der Waals surface area contributed by atoms with Gasteiger partial charge in [0.25, 0.3) is 0 Å². The summed E-state index contributed by atoms with van der Waals surface area (Å²) in [5.74, 6) is -1.34. The summed E-state index contributed by atoms with van der Waals surface area (Å²) >= 11 is 0. The molecule has 0 amide bonds. The predicted molar refractivity (Wildman–Crippen MR) is 76.3 cm³/mol. The van der Waals surface area contributed by atoms with Gasteiger partial charge in [0.1, 0.15) is 5.82 Å². The quantitative estimate of drug-likeness (QED) is 0.748. The molecule has 0 spiro atoms. The molecule has 0 bridgehead atoms. The van der Waals surface area contributed by atoms with Crippen molar-refractivity contribution in [1.82, 2.24) is 0 Å². The number of hydrogen-bond acceptors (Lipinski definition) is 3. The molecule has 1 unspecified atom stereocenters. The first-order chi connectivity index (χ1) is 9.47. The molecule has 20 heavy (non-hydrogen) atoms. The molecule has 0 fully saturated rings. The minimum atomic E-state index is -1.05. The second kappa shape index (κ2) is 5.61. The van der Waals surface area contributed by atoms with E-state index in [2.05, 4.69) is 5.32 Å². The topological polar surface area (TPSA) is 75.3 Å². The number of carboxylic acid groups (broad SMARTS) is 1. The lowest BCUT2D eigenvalue weighted by Crippen LogP contribution is -2.08. The minimum absolute atomic E-state index is 0.0503. The summed E-state index contributed by atoms with van der Waals surface area (Å²) in [6.07, 6.45) is 0. The van der Waals surface area contributed by atoms with E-state index in [0.717, 1.165) is 5.56 Å². The van der Waals surface area contributed by atoms with Crippen LogP contribution in [-0.2, 0) is 0 Å². The average Bonchev–Trinajstić information content (AvgIpc) is 2.39. The molecule has 104 valence electrons. The van der Waals surface area contributed by atoms with Gasteiger partial charge in [-0.25, -0.2) is 9.18 Å². The molecule has 0 heterocycles. The first kappa shape index (κ1) is 13.9. The van der Waals surface area contributed by atoms with Gasteiger partial charge in [-0.1, -0.05) is 12.1 Å². The number of nitrogens with one attached hydrogen (secondary N) is 1. The van der Waals surface area contributed by atoms with Crippen LogP contribution in [0.3, 0.4) is 0 Å². The van der Waals surface area contributed by atoms with Crippen LogP contribution in [0.4, 0.5) is 15.8 Å². The Morgan fingerprint density at radius 3 is 2.45 bits per heavy atom. The molecule has 2 aromatic rings. The number of carbonyl (C=O) groups is 1. The van der Waals surface area contributed by atoms with Crippen molar-refractivity contribution in [2.24, 2.45) is 0 Å². The Hall–Kier alpha value is -2.56. The molecular formula is C15H15FN2O2. The van der Waals surface area contributed by atoms with Crippen molar-refractivity contribution in [3.8, 4) is 0 Å². The van der Waals surface area contributed by atoms with E-state index in [1.165, 1.54) is 18.2 Å². The molecule has 2 aromatic carbocycles. The normalized spacial score (nSPS) is 11.9. The van der Waals surface area contributed by atoms with Crippen molar-refractivity contribution in [3.63, 3.8) is 0 Å². The fraction of sp³-hybridized carbons (Fsp3) is 0.133. The molecule has 0 aliphatic heterocycles. The number of benzene rings is 2. The highest BCUT2D eigenvalue weighted by molar-refractivity contribution is 5.94. The minimum Gasteiger partial charge on any atom is -0.478 e. The second-order valence-corrected chi connectivity index (χ2v) is 4.52. The fourth-order valence-corrected chi connectivity index (χ4v) is 1.93. The Morgan fingerprint density at radius 2 is 1.90 bits per heavy atom. The van der Waals surface area contributed by atoms with Crippen molar-refractivity contribution in [2.45, 2.75) is 13.0 Å². The van der Waals surface area contributed by atoms with E-state index in [1.54, 1.807) is 24.3 Å². The zero-order valence-corrected chi connectivity index (χ0v) is 10.9. The Kier molecular flexibility index (Phi) is 3.89. The molecular weight excluding hydrogens is 259 g/mol. The highest BCUT2D eigenvalue weighted by Crippen LogP contribution is 2.23. The molecule has 0 saturated heterocycles. The van der Waals surface area contributed by atoms with Gasteiger partial charge in [-0.05, 0) is 42.8 Å². The summed E-state index contributed by atoms with van der Waals surface area (Å²) < 4.78 is 12.9. The van der Waals surface area contributed by atoms with Crippen LogP contribution in [-0.4, -0.2) is 11.1 Å². The van der Waals surface area contributed by atoms with E-state index in [0.29, 0.717) is 5.69 Å². The van der Waals surface area contributed by atoms with Gasteiger partial charge in [-0.3, -0.25) is 0 Å². The number of hydrogen-bond donors (Lipinski definition) is 3. The van der Waals surface area contributed by atoms with E-state index in [-0.39, 0.29) is 23.1 Å². The summed E-state index contributed by atoms with van der Waals surface area (Å²) in [6, 6.07) is 10.8. The molecule has 0 aromatic heterocycles. The third kappa shape index (κ3) is 3.06. The Balaban J connectivity index is 2.15. The van der Waals surface area contributed by atoms with Crippen molar-refractivity contribution >= 4 is 17.3 Å². The van der Waals surface area contributed by atoms with Crippen molar-refractivity contribution in [2.75, 3.05) is 11.1 Å². The summed E-state index contributed by atoms with van der Waals surface area (Å²) in [5, 5.41) is 12.1. The fourth-order valence-electron chi connectivity index (χ4n) is 1.93. The lowest BCUT2D eigenvalue weighted by Gasteiger charge is -2.16. The van der Waals surface area contributed by atoms with E-state index in [1.807, 2.05) is 6.92 Å². The number of nitrogen functional groups attached to an aromatic ring is 1. The van der Waals surface area contributed by atoms with Crippen LogP contribution in [0, 0.1) is 5.82 Å². The van der Waals surface area contributed by atoms with E-state index in [4.69, 9.17) is 10.8 Å². The van der Waals surface area contributed by atoms with Crippen molar-refractivity contribution in [1.29, 1.82) is 0 Å². The lowest BCUT2D eigenvalue weighted by molar-refractivity contribution is 0.0698. The zero-order valence-electron chi connectivity index (χ0n) is 10.9. The van der Waals surface area contributed by atoms with Gasteiger partial charge in [0, 0.05) is 17.4 Å². The van der Waals surface area contributed by atoms with Gasteiger partial charge in [0.05, 0.1) is 5.56 Å². The molecule has 1 atom stereocenters. The smallest absolute Gasteiger partial charge is 0.337 e. The van der Waals surface area contributed by atoms with Crippen LogP contribution < -0.4 is 11.1 Å². The Labute approximate surface area is 116 Å². The first-order valence-electron chi connectivity index (χ1n) is 6.12. The monoisotopic (exact) mass is 274 g/mol. The molecule has 4 nitrogen and oxygen atoms in total. The van der Waals surface area contributed by atoms with Crippen LogP contribution >= 0.6 is 0 Å². The second-order valence-electron chi connectivity index (χ2n) is 4.52. The van der Waals surface area contributed by atoms with Crippen LogP contribution in [0.15, 0.2) is 42.5 Å². The Bertz CT molecular complexity index is 626. The number of rotatable bonds is 4. The lowest BCUT2D eigenvalue weighted by atomic mass is 10.1. The van der Waals surface area contributed by atoms with Gasteiger partial charge < -0.3 is 16.2 Å². The first-order valence-corrected chi connectivity index (χ1v) is 6.12. The molecule has 0 aliphatic carbocycles. The Morgan fingerprint density at radius 1 is 1.25 bits per heavy atom. The summed E-state index contributed by atoms with van der Waals surface area (Å²) in [7, 11) is 0. The maximum atomic E-state index is 12.9. The van der Waals surface area contributed by atoms with Crippen molar-refractivity contribution in [3.05, 3.63) is 59.4 Å². The third-order valence-corrected chi connectivity index (χ3v) is 3.04. The number of carboxylic acids is 1. The van der Waals surface area contributed by atoms with Gasteiger partial charge in [0.2, 0.25) is 0 Å². The molecule has 0 aliphatic rings. The van der Waals surface area contributed by atoms with E-state index >= 15 is 0 Å². The van der Waals surface area contributed by atoms with Crippen LogP contribution in [0.1, 0.15) is 28.9 Å². The predicted octanol–water partition coefficient (Wildman–Crippen LogP) is 3.28. The van der Waals surface area contributed by atoms with Crippen LogP contribution in [0.5, 0.6) is 0 Å². The number of aromatic carboxylic acids is 1. The van der Waals surface area contributed by atoms with Gasteiger partial charge >= 0.3 is 5.97 Å². The van der Waals surface area contributed by atoms with Crippen molar-refractivity contribution < 1.29 is 14.3 Å². The van der Waals surface area contributed by atoms with Crippen LogP contribution in [0.2, 0.25) is 0 Å². The highest BCUT2D eigenvalue weighted by Gasteiger charge is 2.10. The SMILES string of the molecule is CC(Nc1ccc(C(=O)O)c(N)c1)c1ccc(F)cc1. The van der Waals surface area contributed by atoms with Gasteiger partial charge in [-0.15, -0.1) is 0 Å². The zero-order chi connectivity index (χ0) is 14.7. The molecule has 4 N–H and O–H groups in total. The largest absolute Gasteiger partial charge is 0.478 e. The third-order valence-electron chi connectivity index (χ3n) is 3.04. The number of nitrogens with two attached hydrogens (primary N) is 1. The maximum absolute atomic E-state index is 12.9. The summed E-state index contributed by atoms with van der Waals surface area (Å²) in [6.45, 7) is 1.93. The molecule has 2 rings (SSSR count). The average molecular weight is 274 g/mol. The molecule has 5 heteroatoms. The van der Waals surface area contributed by atoms with Gasteiger partial charge in [0.15, 0.2) is 0 Å². The number of anilines is 2. The standard InChI is InChI=1S/C15H15FN2O2/c1-9(10-2-4-11(16)5-3-10)18-12-6-7-13(15(19)20)14(17)8-12/h2-9,18H,17H2,1H3,(H,19,20). The van der Waals surface area contributed by atoms with E-state index < -0.39 is 5.97 Å². The van der Waals surface area contributed by atoms with Crippen LogP contribution in [0.25, 0.3) is 0 Å². The van der Waals surface area contributed by atoms with Gasteiger partial charge in [-0.2, -0.15) is 0 Å². The number of halogens is 1. The maximum Gasteiger partial charge on any atom is 0.337 e. The molecule has 0 saturated carbocycles.